The molecule has 0 nitrogen and oxygen atoms in total. The van der Waals surface area contributed by atoms with Gasteiger partial charge in [0.05, 0.1) is 6.67 Å². The van der Waals surface area contributed by atoms with Crippen LogP contribution in [0.4, 0.5) is 4.39 Å². The Labute approximate surface area is 185 Å². The fraction of sp³-hybridized carbons (Fsp3) is 0.724. The number of alkyl halides is 1. The van der Waals surface area contributed by atoms with E-state index in [-0.39, 0.29) is 6.67 Å². The third-order valence-electron chi connectivity index (χ3n) is 7.93. The van der Waals surface area contributed by atoms with Gasteiger partial charge in [-0.25, -0.2) is 0 Å². The lowest BCUT2D eigenvalue weighted by molar-refractivity contribution is 0.246. The fourth-order valence-electron chi connectivity index (χ4n) is 5.81. The molecule has 168 valence electrons. The monoisotopic (exact) mass is 412 g/mol. The lowest BCUT2D eigenvalue weighted by Crippen LogP contribution is -2.17. The fourth-order valence-corrected chi connectivity index (χ4v) is 5.81. The highest BCUT2D eigenvalue weighted by Crippen LogP contribution is 2.40. The molecular formula is C29H45F. The molecule has 0 bridgehead atoms. The van der Waals surface area contributed by atoms with E-state index in [1.54, 1.807) is 5.56 Å². The van der Waals surface area contributed by atoms with Crippen LogP contribution in [-0.2, 0) is 6.42 Å². The van der Waals surface area contributed by atoms with Crippen LogP contribution < -0.4 is 0 Å². The third-order valence-corrected chi connectivity index (χ3v) is 7.93. The van der Waals surface area contributed by atoms with Crippen molar-refractivity contribution in [3.8, 4) is 0 Å². The number of hydrogen-bond donors (Lipinski definition) is 0. The van der Waals surface area contributed by atoms with E-state index in [0.717, 1.165) is 23.7 Å². The Hall–Kier alpha value is -1.11. The Kier molecular flexibility index (Phi) is 10.5. The molecule has 2 saturated carbocycles. The maximum Gasteiger partial charge on any atom is 0.0928 e. The van der Waals surface area contributed by atoms with Gasteiger partial charge in [0.2, 0.25) is 0 Å². The van der Waals surface area contributed by atoms with Gasteiger partial charge in [0, 0.05) is 0 Å². The minimum atomic E-state index is -0.210. The summed E-state index contributed by atoms with van der Waals surface area (Å²) < 4.78 is 12.2. The second-order valence-corrected chi connectivity index (χ2v) is 10.2. The van der Waals surface area contributed by atoms with Gasteiger partial charge in [0.25, 0.3) is 0 Å². The predicted octanol–water partition coefficient (Wildman–Crippen LogP) is 9.20. The normalized spacial score (nSPS) is 27.5. The number of unbranched alkanes of at least 4 members (excludes halogenated alkanes) is 2. The maximum absolute atomic E-state index is 12.2. The second-order valence-electron chi connectivity index (χ2n) is 10.2. The molecule has 1 aromatic rings. The van der Waals surface area contributed by atoms with Gasteiger partial charge >= 0.3 is 0 Å². The van der Waals surface area contributed by atoms with Gasteiger partial charge < -0.3 is 0 Å². The molecule has 3 rings (SSSR count). The van der Waals surface area contributed by atoms with E-state index < -0.39 is 0 Å². The molecule has 2 aliphatic rings. The van der Waals surface area contributed by atoms with Gasteiger partial charge in [-0.05, 0) is 105 Å². The first-order valence-electron chi connectivity index (χ1n) is 13.1. The van der Waals surface area contributed by atoms with Crippen LogP contribution in [0.2, 0.25) is 0 Å². The first-order chi connectivity index (χ1) is 14.8. The maximum atomic E-state index is 12.2. The first-order valence-corrected chi connectivity index (χ1v) is 13.1. The quantitative estimate of drug-likeness (QED) is 0.251. The SMILES string of the molecule is CCCCCc1ccc([C@H]2CC[C@H](CC[C@H]3CC[C@H](/C=C/CCF)CC3)CC2)cc1. The second kappa shape index (κ2) is 13.3. The summed E-state index contributed by atoms with van der Waals surface area (Å²) in [5, 5.41) is 0. The van der Waals surface area contributed by atoms with Gasteiger partial charge in [-0.15, -0.1) is 0 Å². The third kappa shape index (κ3) is 7.86. The average molecular weight is 413 g/mol. The topological polar surface area (TPSA) is 0 Å². The standard InChI is InChI=1S/C29H45F/c1-2-3-4-7-25-15-19-28(20-16-25)29-21-17-27(18-22-29)14-13-26-11-9-24(10-12-26)8-5-6-23-30/h5,8,15-16,19-20,24,26-27,29H,2-4,6-7,9-14,17-18,21-23H2,1H3/b8-5+/t24-,26-,27-,29-. The molecule has 2 fully saturated rings. The number of hydrogen-bond acceptors (Lipinski definition) is 0. The van der Waals surface area contributed by atoms with Gasteiger partial charge in [0.15, 0.2) is 0 Å². The molecule has 0 aliphatic heterocycles. The summed E-state index contributed by atoms with van der Waals surface area (Å²) in [6.45, 7) is 2.07. The highest BCUT2D eigenvalue weighted by atomic mass is 19.1. The smallest absolute Gasteiger partial charge is 0.0928 e. The van der Waals surface area contributed by atoms with Crippen LogP contribution >= 0.6 is 0 Å². The largest absolute Gasteiger partial charge is 0.251 e. The number of aryl methyl sites for hydroxylation is 1. The Morgan fingerprint density at radius 3 is 2.07 bits per heavy atom. The highest BCUT2D eigenvalue weighted by Gasteiger charge is 2.24. The Morgan fingerprint density at radius 1 is 0.833 bits per heavy atom. The molecule has 0 unspecified atom stereocenters. The zero-order valence-corrected chi connectivity index (χ0v) is 19.5. The van der Waals surface area contributed by atoms with Gasteiger partial charge in [0.1, 0.15) is 0 Å². The van der Waals surface area contributed by atoms with Crippen LogP contribution in [0.15, 0.2) is 36.4 Å². The zero-order valence-electron chi connectivity index (χ0n) is 19.5. The Bertz CT molecular complexity index is 585. The predicted molar refractivity (Wildman–Crippen MR) is 129 cm³/mol. The summed E-state index contributed by atoms with van der Waals surface area (Å²) in [7, 11) is 0. The summed E-state index contributed by atoms with van der Waals surface area (Å²) in [5.41, 5.74) is 3.11. The lowest BCUT2D eigenvalue weighted by Gasteiger charge is -2.31. The minimum absolute atomic E-state index is 0.210. The molecule has 0 heterocycles. The number of rotatable bonds is 11. The van der Waals surface area contributed by atoms with Crippen LogP contribution in [0.3, 0.4) is 0 Å². The van der Waals surface area contributed by atoms with E-state index in [2.05, 4.69) is 43.3 Å². The van der Waals surface area contributed by atoms with Crippen molar-refractivity contribution in [3.05, 3.63) is 47.5 Å². The van der Waals surface area contributed by atoms with Crippen LogP contribution in [0.1, 0.15) is 114 Å². The van der Waals surface area contributed by atoms with Crippen molar-refractivity contribution in [2.45, 2.75) is 109 Å². The number of benzene rings is 1. The first kappa shape index (κ1) is 23.6. The highest BCUT2D eigenvalue weighted by molar-refractivity contribution is 5.26. The summed E-state index contributed by atoms with van der Waals surface area (Å²) in [6.07, 6.45) is 24.2. The van der Waals surface area contributed by atoms with Crippen molar-refractivity contribution >= 4 is 0 Å². The van der Waals surface area contributed by atoms with Crippen LogP contribution in [0, 0.1) is 17.8 Å². The van der Waals surface area contributed by atoms with Crippen molar-refractivity contribution < 1.29 is 4.39 Å². The molecule has 0 radical (unpaired) electrons. The van der Waals surface area contributed by atoms with Crippen LogP contribution in [0.5, 0.6) is 0 Å². The minimum Gasteiger partial charge on any atom is -0.251 e. The van der Waals surface area contributed by atoms with Crippen molar-refractivity contribution in [2.24, 2.45) is 17.8 Å². The summed E-state index contributed by atoms with van der Waals surface area (Å²) in [5.74, 6) is 3.45. The van der Waals surface area contributed by atoms with E-state index in [1.807, 2.05) is 0 Å². The van der Waals surface area contributed by atoms with Gasteiger partial charge in [-0.1, -0.05) is 69.0 Å². The number of allylic oxidation sites excluding steroid dienone is 2. The van der Waals surface area contributed by atoms with Crippen LogP contribution in [-0.4, -0.2) is 6.67 Å². The van der Waals surface area contributed by atoms with E-state index in [4.69, 9.17) is 0 Å². The molecule has 0 amide bonds. The van der Waals surface area contributed by atoms with Crippen LogP contribution in [0.25, 0.3) is 0 Å². The molecule has 1 heteroatoms. The van der Waals surface area contributed by atoms with Crippen molar-refractivity contribution in [1.29, 1.82) is 0 Å². The summed E-state index contributed by atoms with van der Waals surface area (Å²) in [6, 6.07) is 9.62. The van der Waals surface area contributed by atoms with E-state index in [1.165, 1.54) is 95.5 Å². The van der Waals surface area contributed by atoms with E-state index >= 15 is 0 Å². The molecule has 1 aromatic carbocycles. The lowest BCUT2D eigenvalue weighted by atomic mass is 9.74. The van der Waals surface area contributed by atoms with E-state index in [0.29, 0.717) is 6.42 Å². The number of halogens is 1. The average Bonchev–Trinajstić information content (AvgIpc) is 2.80. The molecule has 2 aliphatic carbocycles. The molecule has 0 saturated heterocycles. The van der Waals surface area contributed by atoms with E-state index in [9.17, 15) is 4.39 Å². The molecule has 0 spiro atoms. The molecule has 0 atom stereocenters. The Balaban J connectivity index is 1.31. The summed E-state index contributed by atoms with van der Waals surface area (Å²) >= 11 is 0. The van der Waals surface area contributed by atoms with Gasteiger partial charge in [-0.3, -0.25) is 4.39 Å². The van der Waals surface area contributed by atoms with Gasteiger partial charge in [-0.2, -0.15) is 0 Å². The van der Waals surface area contributed by atoms with Crippen molar-refractivity contribution in [1.82, 2.24) is 0 Å². The van der Waals surface area contributed by atoms with Crippen molar-refractivity contribution in [2.75, 3.05) is 6.67 Å². The van der Waals surface area contributed by atoms with Crippen molar-refractivity contribution in [3.63, 3.8) is 0 Å². The Morgan fingerprint density at radius 2 is 1.47 bits per heavy atom. The zero-order chi connectivity index (χ0) is 21.0. The summed E-state index contributed by atoms with van der Waals surface area (Å²) in [4.78, 5) is 0. The molecular weight excluding hydrogens is 367 g/mol. The molecule has 0 N–H and O–H groups in total. The molecule has 0 aromatic heterocycles. The molecule has 30 heavy (non-hydrogen) atoms.